The number of amides is 1. The van der Waals surface area contributed by atoms with E-state index in [2.05, 4.69) is 5.32 Å². The molecule has 7 heteroatoms. The topological polar surface area (TPSA) is 81.7 Å². The van der Waals surface area contributed by atoms with Crippen LogP contribution in [0.4, 0.5) is 0 Å². The fraction of sp³-hybridized carbons (Fsp3) is 0.353. The lowest BCUT2D eigenvalue weighted by molar-refractivity contribution is -0.153. The quantitative estimate of drug-likeness (QED) is 0.418. The third-order valence-corrected chi connectivity index (χ3v) is 3.55. The molecule has 1 aromatic rings. The fourth-order valence-corrected chi connectivity index (χ4v) is 2.38. The normalized spacial score (nSPS) is 11.8. The van der Waals surface area contributed by atoms with E-state index in [1.54, 1.807) is 19.3 Å². The highest BCUT2D eigenvalue weighted by Gasteiger charge is 2.25. The molecule has 0 saturated heterocycles. The number of carbonyl (C=O) groups excluding carboxylic acids is 3. The molecule has 0 radical (unpaired) electrons. The third kappa shape index (κ3) is 7.82. The van der Waals surface area contributed by atoms with Crippen molar-refractivity contribution in [2.24, 2.45) is 0 Å². The van der Waals surface area contributed by atoms with Crippen LogP contribution < -0.4 is 5.32 Å². The van der Waals surface area contributed by atoms with E-state index in [0.29, 0.717) is 0 Å². The average Bonchev–Trinajstić information content (AvgIpc) is 2.55. The minimum absolute atomic E-state index is 0.160. The monoisotopic (exact) mass is 351 g/mol. The standard InChI is InChI=1S/C17H21NO5S/c1-3-22-16(20)12-14(17(21)23-4-2)18-15(19)10-11-24-13-8-6-5-7-9-13/h5-11,14H,3-4,12H2,1-2H3,(H,18,19)/t14-/m0/s1. The lowest BCUT2D eigenvalue weighted by Gasteiger charge is -2.15. The first-order valence-corrected chi connectivity index (χ1v) is 8.45. The largest absolute Gasteiger partial charge is 0.466 e. The van der Waals surface area contributed by atoms with E-state index in [-0.39, 0.29) is 19.6 Å². The summed E-state index contributed by atoms with van der Waals surface area (Å²) in [6.45, 7) is 3.68. The van der Waals surface area contributed by atoms with E-state index in [9.17, 15) is 14.4 Å². The highest BCUT2D eigenvalue weighted by molar-refractivity contribution is 8.02. The number of nitrogens with one attached hydrogen (secondary N) is 1. The van der Waals surface area contributed by atoms with Gasteiger partial charge in [-0.25, -0.2) is 4.79 Å². The SMILES string of the molecule is CCOC(=O)C[C@H](NC(=O)C=CSc1ccccc1)C(=O)OCC. The van der Waals surface area contributed by atoms with Crippen molar-refractivity contribution in [1.29, 1.82) is 0 Å². The zero-order chi connectivity index (χ0) is 17.8. The summed E-state index contributed by atoms with van der Waals surface area (Å²) in [6, 6.07) is 8.45. The molecule has 0 aliphatic carbocycles. The summed E-state index contributed by atoms with van der Waals surface area (Å²) in [4.78, 5) is 36.3. The van der Waals surface area contributed by atoms with Crippen molar-refractivity contribution in [2.45, 2.75) is 31.2 Å². The molecule has 1 atom stereocenters. The van der Waals surface area contributed by atoms with Crippen LogP contribution in [0.15, 0.2) is 46.7 Å². The van der Waals surface area contributed by atoms with Gasteiger partial charge in [0.1, 0.15) is 6.04 Å². The Morgan fingerprint density at radius 3 is 2.42 bits per heavy atom. The van der Waals surface area contributed by atoms with E-state index in [0.717, 1.165) is 4.90 Å². The van der Waals surface area contributed by atoms with Crippen molar-refractivity contribution in [3.63, 3.8) is 0 Å². The summed E-state index contributed by atoms with van der Waals surface area (Å²) < 4.78 is 9.67. The minimum Gasteiger partial charge on any atom is -0.466 e. The fourth-order valence-electron chi connectivity index (χ4n) is 1.72. The Balaban J connectivity index is 2.58. The van der Waals surface area contributed by atoms with Crippen LogP contribution in [0.3, 0.4) is 0 Å². The van der Waals surface area contributed by atoms with Crippen LogP contribution in [0, 0.1) is 0 Å². The second kappa shape index (κ2) is 11.3. The van der Waals surface area contributed by atoms with E-state index in [1.807, 2.05) is 30.3 Å². The van der Waals surface area contributed by atoms with Crippen LogP contribution in [0.2, 0.25) is 0 Å². The number of carbonyl (C=O) groups is 3. The zero-order valence-electron chi connectivity index (χ0n) is 13.7. The molecule has 0 bridgehead atoms. The highest BCUT2D eigenvalue weighted by Crippen LogP contribution is 2.17. The van der Waals surface area contributed by atoms with E-state index in [1.165, 1.54) is 17.8 Å². The van der Waals surface area contributed by atoms with Crippen molar-refractivity contribution < 1.29 is 23.9 Å². The van der Waals surface area contributed by atoms with Crippen LogP contribution in [0.25, 0.3) is 0 Å². The minimum atomic E-state index is -1.07. The molecule has 1 aromatic carbocycles. The van der Waals surface area contributed by atoms with Gasteiger partial charge < -0.3 is 14.8 Å². The van der Waals surface area contributed by atoms with E-state index >= 15 is 0 Å². The van der Waals surface area contributed by atoms with Crippen molar-refractivity contribution in [1.82, 2.24) is 5.32 Å². The zero-order valence-corrected chi connectivity index (χ0v) is 14.5. The Bertz CT molecular complexity index is 574. The smallest absolute Gasteiger partial charge is 0.329 e. The average molecular weight is 351 g/mol. The highest BCUT2D eigenvalue weighted by atomic mass is 32.2. The summed E-state index contributed by atoms with van der Waals surface area (Å²) in [5.74, 6) is -1.72. The molecule has 0 aliphatic heterocycles. The van der Waals surface area contributed by atoms with Gasteiger partial charge in [0, 0.05) is 11.0 Å². The molecule has 0 aliphatic rings. The van der Waals surface area contributed by atoms with Crippen LogP contribution >= 0.6 is 11.8 Å². The summed E-state index contributed by atoms with van der Waals surface area (Å²) in [7, 11) is 0. The van der Waals surface area contributed by atoms with Gasteiger partial charge in [0.2, 0.25) is 5.91 Å². The van der Waals surface area contributed by atoms with Gasteiger partial charge in [-0.1, -0.05) is 30.0 Å². The summed E-state index contributed by atoms with van der Waals surface area (Å²) in [6.07, 6.45) is 1.03. The Labute approximate surface area is 145 Å². The molecule has 24 heavy (non-hydrogen) atoms. The Morgan fingerprint density at radius 2 is 1.79 bits per heavy atom. The van der Waals surface area contributed by atoms with Crippen LogP contribution in [0.5, 0.6) is 0 Å². The van der Waals surface area contributed by atoms with Gasteiger partial charge >= 0.3 is 11.9 Å². The molecule has 0 unspecified atom stereocenters. The molecule has 1 amide bonds. The van der Waals surface area contributed by atoms with Crippen molar-refractivity contribution in [2.75, 3.05) is 13.2 Å². The van der Waals surface area contributed by atoms with Gasteiger partial charge in [-0.15, -0.1) is 0 Å². The van der Waals surface area contributed by atoms with Crippen molar-refractivity contribution in [3.05, 3.63) is 41.8 Å². The maximum Gasteiger partial charge on any atom is 0.329 e. The summed E-state index contributed by atoms with van der Waals surface area (Å²) in [5.41, 5.74) is 0. The maximum absolute atomic E-state index is 11.9. The molecule has 0 fully saturated rings. The predicted molar refractivity (Wildman–Crippen MR) is 91.3 cm³/mol. The molecule has 130 valence electrons. The van der Waals surface area contributed by atoms with E-state index < -0.39 is 23.9 Å². The molecule has 0 saturated carbocycles. The van der Waals surface area contributed by atoms with Crippen LogP contribution in [-0.4, -0.2) is 37.1 Å². The number of rotatable bonds is 9. The number of thioether (sulfide) groups is 1. The lowest BCUT2D eigenvalue weighted by Crippen LogP contribution is -2.42. The first-order valence-electron chi connectivity index (χ1n) is 7.57. The molecule has 1 rings (SSSR count). The Kier molecular flexibility index (Phi) is 9.29. The van der Waals surface area contributed by atoms with Gasteiger partial charge in [-0.2, -0.15) is 0 Å². The molecule has 0 spiro atoms. The Hall–Kier alpha value is -2.28. The number of benzene rings is 1. The molecule has 6 nitrogen and oxygen atoms in total. The van der Waals surface area contributed by atoms with Gasteiger partial charge in [0.25, 0.3) is 0 Å². The first kappa shape index (κ1) is 19.8. The third-order valence-electron chi connectivity index (χ3n) is 2.73. The number of hydrogen-bond acceptors (Lipinski definition) is 6. The van der Waals surface area contributed by atoms with Crippen molar-refractivity contribution in [3.8, 4) is 0 Å². The number of ether oxygens (including phenoxy) is 2. The molecule has 0 heterocycles. The van der Waals surface area contributed by atoms with Crippen LogP contribution in [-0.2, 0) is 23.9 Å². The summed E-state index contributed by atoms with van der Waals surface area (Å²) >= 11 is 1.37. The van der Waals surface area contributed by atoms with Gasteiger partial charge in [0.15, 0.2) is 0 Å². The van der Waals surface area contributed by atoms with Gasteiger partial charge in [0.05, 0.1) is 19.6 Å². The van der Waals surface area contributed by atoms with Crippen LogP contribution in [0.1, 0.15) is 20.3 Å². The molecular weight excluding hydrogens is 330 g/mol. The second-order valence-corrected chi connectivity index (χ2v) is 5.54. The van der Waals surface area contributed by atoms with Gasteiger partial charge in [-0.05, 0) is 31.4 Å². The maximum atomic E-state index is 11.9. The van der Waals surface area contributed by atoms with E-state index in [4.69, 9.17) is 9.47 Å². The molecular formula is C17H21NO5S. The second-order valence-electron chi connectivity index (χ2n) is 4.56. The lowest BCUT2D eigenvalue weighted by atomic mass is 10.2. The molecule has 0 aromatic heterocycles. The predicted octanol–water partition coefficient (Wildman–Crippen LogP) is 2.29. The number of esters is 2. The number of hydrogen-bond donors (Lipinski definition) is 1. The first-order chi connectivity index (χ1) is 11.6. The molecule has 1 N–H and O–H groups in total. The Morgan fingerprint density at radius 1 is 1.12 bits per heavy atom. The van der Waals surface area contributed by atoms with Crippen molar-refractivity contribution >= 4 is 29.6 Å². The summed E-state index contributed by atoms with van der Waals surface area (Å²) in [5, 5.41) is 4.07. The van der Waals surface area contributed by atoms with Gasteiger partial charge in [-0.3, -0.25) is 9.59 Å².